The Balaban J connectivity index is 2.21. The molecule has 1 saturated heterocycles. The van der Waals surface area contributed by atoms with Crippen LogP contribution in [0.15, 0.2) is 18.2 Å². The van der Waals surface area contributed by atoms with Crippen LogP contribution in [0.4, 0.5) is 5.82 Å². The Bertz CT molecular complexity index is 516. The lowest BCUT2D eigenvalue weighted by molar-refractivity contribution is 0.0690. The molecule has 1 aliphatic rings. The number of nitrogens with zero attached hydrogens (tertiary/aromatic N) is 2. The van der Waals surface area contributed by atoms with Gasteiger partial charge in [0.1, 0.15) is 5.82 Å². The van der Waals surface area contributed by atoms with Crippen LogP contribution in [0.2, 0.25) is 0 Å². The van der Waals surface area contributed by atoms with Crippen LogP contribution in [0.5, 0.6) is 0 Å². The molecule has 6 heteroatoms. The Morgan fingerprint density at radius 1 is 1.42 bits per heavy atom. The first-order chi connectivity index (χ1) is 8.90. The molecule has 0 aromatic carbocycles. The molecular formula is C13H18N2O3S. The maximum absolute atomic E-state index is 12.1. The summed E-state index contributed by atoms with van der Waals surface area (Å²) in [6.07, 6.45) is 0.804. The molecule has 2 heterocycles. The van der Waals surface area contributed by atoms with E-state index in [2.05, 4.69) is 4.98 Å². The molecule has 19 heavy (non-hydrogen) atoms. The maximum atomic E-state index is 12.1. The Morgan fingerprint density at radius 2 is 2.16 bits per heavy atom. The SMILES string of the molecule is CC1(C)CCN(c2cccc(C(=O)O)n2)CCS1=O. The summed E-state index contributed by atoms with van der Waals surface area (Å²) in [6.45, 7) is 5.41. The third-order valence-electron chi connectivity index (χ3n) is 3.42. The highest BCUT2D eigenvalue weighted by Gasteiger charge is 2.30. The molecule has 0 amide bonds. The predicted octanol–water partition coefficient (Wildman–Crippen LogP) is 1.52. The average Bonchev–Trinajstić information content (AvgIpc) is 2.50. The first-order valence-corrected chi connectivity index (χ1v) is 7.56. The van der Waals surface area contributed by atoms with Crippen LogP contribution in [0, 0.1) is 0 Å². The number of hydrogen-bond donors (Lipinski definition) is 1. The van der Waals surface area contributed by atoms with E-state index >= 15 is 0 Å². The van der Waals surface area contributed by atoms with Crippen molar-refractivity contribution in [3.63, 3.8) is 0 Å². The summed E-state index contributed by atoms with van der Waals surface area (Å²) < 4.78 is 11.9. The van der Waals surface area contributed by atoms with Gasteiger partial charge in [0.15, 0.2) is 5.69 Å². The third kappa shape index (κ3) is 3.12. The van der Waals surface area contributed by atoms with Crippen molar-refractivity contribution in [2.45, 2.75) is 25.0 Å². The highest BCUT2D eigenvalue weighted by molar-refractivity contribution is 7.86. The molecule has 0 radical (unpaired) electrons. The number of rotatable bonds is 2. The van der Waals surface area contributed by atoms with Gasteiger partial charge >= 0.3 is 5.97 Å². The average molecular weight is 282 g/mol. The molecule has 104 valence electrons. The Kier molecular flexibility index (Phi) is 3.89. The van der Waals surface area contributed by atoms with Crippen LogP contribution >= 0.6 is 0 Å². The molecule has 0 spiro atoms. The van der Waals surface area contributed by atoms with Crippen molar-refractivity contribution >= 4 is 22.6 Å². The second kappa shape index (κ2) is 5.28. The second-order valence-corrected chi connectivity index (χ2v) is 7.44. The summed E-state index contributed by atoms with van der Waals surface area (Å²) in [4.78, 5) is 17.1. The minimum absolute atomic E-state index is 0.0436. The summed E-state index contributed by atoms with van der Waals surface area (Å²) in [6, 6.07) is 4.97. The van der Waals surface area contributed by atoms with Crippen LogP contribution < -0.4 is 4.90 Å². The van der Waals surface area contributed by atoms with Gasteiger partial charge in [-0.1, -0.05) is 6.07 Å². The first kappa shape index (κ1) is 14.0. The zero-order valence-electron chi connectivity index (χ0n) is 11.1. The summed E-state index contributed by atoms with van der Waals surface area (Å²) >= 11 is 0. The lowest BCUT2D eigenvalue weighted by atomic mass is 10.1. The molecular weight excluding hydrogens is 264 g/mol. The van der Waals surface area contributed by atoms with Gasteiger partial charge in [0.2, 0.25) is 0 Å². The summed E-state index contributed by atoms with van der Waals surface area (Å²) in [5.74, 6) is 0.210. The van der Waals surface area contributed by atoms with Gasteiger partial charge in [-0.25, -0.2) is 9.78 Å². The van der Waals surface area contributed by atoms with Crippen molar-refractivity contribution in [1.82, 2.24) is 4.98 Å². The van der Waals surface area contributed by atoms with Gasteiger partial charge in [0.05, 0.1) is 0 Å². The molecule has 1 atom stereocenters. The zero-order chi connectivity index (χ0) is 14.0. The zero-order valence-corrected chi connectivity index (χ0v) is 11.9. The molecule has 2 rings (SSSR count). The van der Waals surface area contributed by atoms with E-state index in [-0.39, 0.29) is 10.4 Å². The van der Waals surface area contributed by atoms with Crippen molar-refractivity contribution in [2.24, 2.45) is 0 Å². The fourth-order valence-electron chi connectivity index (χ4n) is 2.05. The minimum atomic E-state index is -1.03. The summed E-state index contributed by atoms with van der Waals surface area (Å²) in [5, 5.41) is 8.96. The van der Waals surface area contributed by atoms with E-state index in [1.165, 1.54) is 6.07 Å². The topological polar surface area (TPSA) is 70.5 Å². The molecule has 0 aliphatic carbocycles. The number of carboxylic acid groups (broad SMARTS) is 1. The van der Waals surface area contributed by atoms with E-state index in [0.29, 0.717) is 18.1 Å². The highest BCUT2D eigenvalue weighted by Crippen LogP contribution is 2.24. The number of anilines is 1. The van der Waals surface area contributed by atoms with Crippen LogP contribution in [0.25, 0.3) is 0 Å². The molecule has 0 bridgehead atoms. The molecule has 1 unspecified atom stereocenters. The predicted molar refractivity (Wildman–Crippen MR) is 75.1 cm³/mol. The van der Waals surface area contributed by atoms with Crippen LogP contribution in [0.1, 0.15) is 30.8 Å². The van der Waals surface area contributed by atoms with Gasteiger partial charge in [0, 0.05) is 34.4 Å². The molecule has 5 nitrogen and oxygen atoms in total. The Morgan fingerprint density at radius 3 is 2.84 bits per heavy atom. The minimum Gasteiger partial charge on any atom is -0.477 e. The molecule has 1 aliphatic heterocycles. The van der Waals surface area contributed by atoms with Gasteiger partial charge < -0.3 is 10.0 Å². The molecule has 1 fully saturated rings. The first-order valence-electron chi connectivity index (χ1n) is 6.24. The van der Waals surface area contributed by atoms with Gasteiger partial charge in [-0.3, -0.25) is 4.21 Å². The van der Waals surface area contributed by atoms with Crippen LogP contribution in [-0.2, 0) is 10.8 Å². The summed E-state index contributed by atoms with van der Waals surface area (Å²) in [5.41, 5.74) is 0.0436. The van der Waals surface area contributed by atoms with Crippen molar-refractivity contribution in [1.29, 1.82) is 0 Å². The van der Waals surface area contributed by atoms with E-state index in [1.54, 1.807) is 12.1 Å². The lowest BCUT2D eigenvalue weighted by Crippen LogP contribution is -2.28. The van der Waals surface area contributed by atoms with Crippen molar-refractivity contribution in [3.05, 3.63) is 23.9 Å². The normalized spacial score (nSPS) is 22.8. The van der Waals surface area contributed by atoms with E-state index < -0.39 is 16.8 Å². The fourth-order valence-corrected chi connectivity index (χ4v) is 3.30. The quantitative estimate of drug-likeness (QED) is 0.890. The Hall–Kier alpha value is -1.43. The van der Waals surface area contributed by atoms with Gasteiger partial charge in [-0.05, 0) is 32.4 Å². The smallest absolute Gasteiger partial charge is 0.354 e. The lowest BCUT2D eigenvalue weighted by Gasteiger charge is -2.23. The molecule has 1 aromatic heterocycles. The number of carbonyl (C=O) groups is 1. The van der Waals surface area contributed by atoms with Crippen LogP contribution in [0.3, 0.4) is 0 Å². The number of hydrogen-bond acceptors (Lipinski definition) is 4. The van der Waals surface area contributed by atoms with Crippen molar-refractivity contribution in [3.8, 4) is 0 Å². The standard InChI is InChI=1S/C13H18N2O3S/c1-13(2)6-7-15(8-9-19(13)18)11-5-3-4-10(14-11)12(16)17/h3-5H,6-9H2,1-2H3,(H,16,17). The third-order valence-corrected chi connectivity index (χ3v) is 5.41. The van der Waals surface area contributed by atoms with Crippen molar-refractivity contribution < 1.29 is 14.1 Å². The van der Waals surface area contributed by atoms with E-state index in [4.69, 9.17) is 5.11 Å². The molecule has 1 N–H and O–H groups in total. The molecule has 0 saturated carbocycles. The summed E-state index contributed by atoms with van der Waals surface area (Å²) in [7, 11) is -0.862. The van der Waals surface area contributed by atoms with E-state index in [9.17, 15) is 9.00 Å². The number of aromatic carboxylic acids is 1. The monoisotopic (exact) mass is 282 g/mol. The Labute approximate surface area is 115 Å². The van der Waals surface area contributed by atoms with Crippen LogP contribution in [-0.4, -0.2) is 43.9 Å². The maximum Gasteiger partial charge on any atom is 0.354 e. The van der Waals surface area contributed by atoms with E-state index in [0.717, 1.165) is 13.0 Å². The molecule has 1 aromatic rings. The van der Waals surface area contributed by atoms with E-state index in [1.807, 2.05) is 18.7 Å². The largest absolute Gasteiger partial charge is 0.477 e. The number of pyridine rings is 1. The number of carboxylic acids is 1. The number of aromatic nitrogens is 1. The van der Waals surface area contributed by atoms with Crippen molar-refractivity contribution in [2.75, 3.05) is 23.7 Å². The van der Waals surface area contributed by atoms with Gasteiger partial charge in [-0.15, -0.1) is 0 Å². The van der Waals surface area contributed by atoms with Gasteiger partial charge in [0.25, 0.3) is 0 Å². The highest BCUT2D eigenvalue weighted by atomic mass is 32.2. The second-order valence-electron chi connectivity index (χ2n) is 5.23. The fraction of sp³-hybridized carbons (Fsp3) is 0.538. The van der Waals surface area contributed by atoms with Gasteiger partial charge in [-0.2, -0.15) is 0 Å².